The number of hydrogen-bond donors (Lipinski definition) is 2. The molecule has 1 aliphatic heterocycles. The summed E-state index contributed by atoms with van der Waals surface area (Å²) < 4.78 is 0. The molecule has 1 aliphatic rings. The summed E-state index contributed by atoms with van der Waals surface area (Å²) in [5, 5.41) is 18.6. The summed E-state index contributed by atoms with van der Waals surface area (Å²) >= 11 is 3.32. The van der Waals surface area contributed by atoms with E-state index in [1.807, 2.05) is 0 Å². The Morgan fingerprint density at radius 2 is 2.38 bits per heavy atom. The van der Waals surface area contributed by atoms with Gasteiger partial charge in [0.15, 0.2) is 0 Å². The van der Waals surface area contributed by atoms with Crippen LogP contribution in [0.3, 0.4) is 0 Å². The van der Waals surface area contributed by atoms with Crippen LogP contribution in [0.25, 0.3) is 0 Å². The highest BCUT2D eigenvalue weighted by Crippen LogP contribution is 2.19. The summed E-state index contributed by atoms with van der Waals surface area (Å²) in [4.78, 5) is 12.9. The van der Waals surface area contributed by atoms with Gasteiger partial charge in [0.2, 0.25) is 5.91 Å². The fourth-order valence-corrected chi connectivity index (χ4v) is 1.88. The van der Waals surface area contributed by atoms with Gasteiger partial charge in [-0.25, -0.2) is 0 Å². The molecule has 0 bridgehead atoms. The molecule has 1 unspecified atom stereocenters. The molecule has 0 aromatic carbocycles. The number of carbonyl (C=O) groups is 1. The van der Waals surface area contributed by atoms with Crippen LogP contribution in [-0.4, -0.2) is 52.2 Å². The molecule has 2 N–H and O–H groups in total. The van der Waals surface area contributed by atoms with Crippen LogP contribution in [0, 0.1) is 5.92 Å². The van der Waals surface area contributed by atoms with E-state index in [2.05, 4.69) is 15.9 Å². The molecule has 0 aromatic rings. The van der Waals surface area contributed by atoms with Gasteiger partial charge in [0.25, 0.3) is 0 Å². The maximum absolute atomic E-state index is 11.3. The van der Waals surface area contributed by atoms with Crippen LogP contribution in [0.2, 0.25) is 0 Å². The predicted octanol–water partition coefficient (Wildman–Crippen LogP) is -0.417. The standard InChI is InChI=1S/C8H14BrNO3/c9-2-6-1-8(13)10(3-6)4-7(12)5-11/h6-7,11-12H,1-5H2/t6?,7-/m1/s1. The van der Waals surface area contributed by atoms with Crippen LogP contribution in [-0.2, 0) is 4.79 Å². The second-order valence-electron chi connectivity index (χ2n) is 3.36. The Labute approximate surface area is 85.7 Å². The number of aliphatic hydroxyl groups excluding tert-OH is 2. The highest BCUT2D eigenvalue weighted by molar-refractivity contribution is 9.09. The lowest BCUT2D eigenvalue weighted by Crippen LogP contribution is -2.35. The van der Waals surface area contributed by atoms with Crippen LogP contribution in [0.15, 0.2) is 0 Å². The number of β-amino-alcohol motifs (C(OH)–C–C–N with tert-alkyl or cyclic N) is 1. The summed E-state index contributed by atoms with van der Waals surface area (Å²) in [5.74, 6) is 0.412. The Hall–Kier alpha value is -0.130. The van der Waals surface area contributed by atoms with Gasteiger partial charge in [-0.05, 0) is 5.92 Å². The second kappa shape index (κ2) is 4.93. The molecule has 0 radical (unpaired) electrons. The predicted molar refractivity (Wildman–Crippen MR) is 51.6 cm³/mol. The van der Waals surface area contributed by atoms with E-state index in [1.165, 1.54) is 0 Å². The van der Waals surface area contributed by atoms with E-state index in [0.29, 0.717) is 18.9 Å². The van der Waals surface area contributed by atoms with Crippen molar-refractivity contribution in [3.63, 3.8) is 0 Å². The van der Waals surface area contributed by atoms with Crippen LogP contribution < -0.4 is 0 Å². The minimum atomic E-state index is -0.807. The fraction of sp³-hybridized carbons (Fsp3) is 0.875. The molecule has 1 amide bonds. The number of amides is 1. The third-order valence-corrected chi connectivity index (χ3v) is 3.07. The highest BCUT2D eigenvalue weighted by atomic mass is 79.9. The van der Waals surface area contributed by atoms with Crippen molar-refractivity contribution in [1.29, 1.82) is 0 Å². The SMILES string of the molecule is O=C1CC(CBr)CN1C[C@@H](O)CO. The number of alkyl halides is 1. The van der Waals surface area contributed by atoms with Gasteiger partial charge in [-0.2, -0.15) is 0 Å². The van der Waals surface area contributed by atoms with E-state index in [0.717, 1.165) is 5.33 Å². The third kappa shape index (κ3) is 2.93. The van der Waals surface area contributed by atoms with Crippen molar-refractivity contribution < 1.29 is 15.0 Å². The molecule has 0 spiro atoms. The normalized spacial score (nSPS) is 25.3. The van der Waals surface area contributed by atoms with Gasteiger partial charge in [-0.15, -0.1) is 0 Å². The van der Waals surface area contributed by atoms with Gasteiger partial charge in [-0.3, -0.25) is 4.79 Å². The van der Waals surface area contributed by atoms with Gasteiger partial charge in [0.05, 0.1) is 12.7 Å². The van der Waals surface area contributed by atoms with Gasteiger partial charge in [-0.1, -0.05) is 15.9 Å². The Bertz CT molecular complexity index is 188. The Balaban J connectivity index is 2.39. The minimum absolute atomic E-state index is 0.0666. The van der Waals surface area contributed by atoms with Crippen molar-refractivity contribution >= 4 is 21.8 Å². The lowest BCUT2D eigenvalue weighted by Gasteiger charge is -2.18. The zero-order chi connectivity index (χ0) is 9.84. The fourth-order valence-electron chi connectivity index (χ4n) is 1.45. The van der Waals surface area contributed by atoms with Crippen molar-refractivity contribution in [2.45, 2.75) is 12.5 Å². The first-order valence-electron chi connectivity index (χ1n) is 4.30. The van der Waals surface area contributed by atoms with Crippen LogP contribution in [0.1, 0.15) is 6.42 Å². The minimum Gasteiger partial charge on any atom is -0.394 e. The maximum atomic E-state index is 11.3. The Morgan fingerprint density at radius 3 is 2.85 bits per heavy atom. The average Bonchev–Trinajstić information content (AvgIpc) is 2.47. The monoisotopic (exact) mass is 251 g/mol. The van der Waals surface area contributed by atoms with Crippen molar-refractivity contribution in [3.8, 4) is 0 Å². The van der Waals surface area contributed by atoms with E-state index >= 15 is 0 Å². The average molecular weight is 252 g/mol. The molecule has 2 atom stereocenters. The number of nitrogens with zero attached hydrogens (tertiary/aromatic N) is 1. The molecule has 1 fully saturated rings. The van der Waals surface area contributed by atoms with Crippen molar-refractivity contribution in [2.24, 2.45) is 5.92 Å². The van der Waals surface area contributed by atoms with Crippen molar-refractivity contribution in [2.75, 3.05) is 25.0 Å². The molecular formula is C8H14BrNO3. The molecule has 0 saturated carbocycles. The molecule has 1 saturated heterocycles. The molecule has 13 heavy (non-hydrogen) atoms. The number of likely N-dealkylation sites (tertiary alicyclic amines) is 1. The maximum Gasteiger partial charge on any atom is 0.223 e. The number of carbonyl (C=O) groups excluding carboxylic acids is 1. The van der Waals surface area contributed by atoms with Crippen LogP contribution >= 0.6 is 15.9 Å². The molecule has 5 heteroatoms. The van der Waals surface area contributed by atoms with Gasteiger partial charge >= 0.3 is 0 Å². The van der Waals surface area contributed by atoms with Gasteiger partial charge in [0.1, 0.15) is 0 Å². The van der Waals surface area contributed by atoms with E-state index in [9.17, 15) is 4.79 Å². The zero-order valence-electron chi connectivity index (χ0n) is 7.32. The molecule has 0 aromatic heterocycles. The van der Waals surface area contributed by atoms with Gasteiger partial charge < -0.3 is 15.1 Å². The molecule has 1 heterocycles. The van der Waals surface area contributed by atoms with E-state index in [-0.39, 0.29) is 19.1 Å². The molecular weight excluding hydrogens is 238 g/mol. The number of hydrogen-bond acceptors (Lipinski definition) is 3. The van der Waals surface area contributed by atoms with Crippen LogP contribution in [0.5, 0.6) is 0 Å². The molecule has 76 valence electrons. The summed E-state index contributed by atoms with van der Waals surface area (Å²) in [6.07, 6.45) is -0.262. The first-order chi connectivity index (χ1) is 6.17. The molecule has 0 aliphatic carbocycles. The Kier molecular flexibility index (Phi) is 4.15. The first-order valence-corrected chi connectivity index (χ1v) is 5.42. The van der Waals surface area contributed by atoms with Crippen molar-refractivity contribution in [3.05, 3.63) is 0 Å². The quantitative estimate of drug-likeness (QED) is 0.668. The number of halogens is 1. The smallest absolute Gasteiger partial charge is 0.223 e. The first kappa shape index (κ1) is 10.9. The third-order valence-electron chi connectivity index (χ3n) is 2.15. The Morgan fingerprint density at radius 1 is 1.69 bits per heavy atom. The number of aliphatic hydroxyl groups is 2. The molecule has 4 nitrogen and oxygen atoms in total. The second-order valence-corrected chi connectivity index (χ2v) is 4.01. The lowest BCUT2D eigenvalue weighted by molar-refractivity contribution is -0.129. The van der Waals surface area contributed by atoms with E-state index < -0.39 is 6.10 Å². The number of rotatable bonds is 4. The topological polar surface area (TPSA) is 60.8 Å². The van der Waals surface area contributed by atoms with Gasteiger partial charge in [0, 0.05) is 24.8 Å². The lowest BCUT2D eigenvalue weighted by atomic mass is 10.2. The molecule has 1 rings (SSSR count). The van der Waals surface area contributed by atoms with E-state index in [4.69, 9.17) is 10.2 Å². The largest absolute Gasteiger partial charge is 0.394 e. The van der Waals surface area contributed by atoms with E-state index in [1.54, 1.807) is 4.90 Å². The summed E-state index contributed by atoms with van der Waals surface area (Å²) in [6.45, 7) is 0.642. The summed E-state index contributed by atoms with van der Waals surface area (Å²) in [5.41, 5.74) is 0. The highest BCUT2D eigenvalue weighted by Gasteiger charge is 2.29. The van der Waals surface area contributed by atoms with Crippen LogP contribution in [0.4, 0.5) is 0 Å². The zero-order valence-corrected chi connectivity index (χ0v) is 8.90. The summed E-state index contributed by atoms with van der Waals surface area (Å²) in [6, 6.07) is 0. The van der Waals surface area contributed by atoms with Crippen molar-refractivity contribution in [1.82, 2.24) is 4.90 Å². The summed E-state index contributed by atoms with van der Waals surface area (Å²) in [7, 11) is 0.